The molecule has 2 rings (SSSR count). The summed E-state index contributed by atoms with van der Waals surface area (Å²) in [5.74, 6) is 0.701. The highest BCUT2D eigenvalue weighted by Gasteiger charge is 2.08. The van der Waals surface area contributed by atoms with Gasteiger partial charge in [-0.3, -0.25) is 0 Å². The van der Waals surface area contributed by atoms with E-state index >= 15 is 0 Å². The number of tetrazole rings is 1. The summed E-state index contributed by atoms with van der Waals surface area (Å²) in [6.45, 7) is 0.521. The van der Waals surface area contributed by atoms with Crippen molar-refractivity contribution in [1.82, 2.24) is 20.2 Å². The average Bonchev–Trinajstić information content (AvgIpc) is 2.83. The smallest absolute Gasteiger partial charge is 0.193 e. The third-order valence-corrected chi connectivity index (χ3v) is 2.62. The maximum atomic E-state index is 8.67. The Morgan fingerprint density at radius 3 is 2.95 bits per heavy atom. The van der Waals surface area contributed by atoms with E-state index in [1.54, 1.807) is 13.1 Å². The van der Waals surface area contributed by atoms with Gasteiger partial charge >= 0.3 is 0 Å². The van der Waals surface area contributed by atoms with Crippen LogP contribution in [0.5, 0.6) is 0 Å². The van der Waals surface area contributed by atoms with Crippen molar-refractivity contribution >= 4 is 11.5 Å². The number of anilines is 1. The monoisotopic (exact) mass is 261 g/mol. The molecule has 0 aliphatic carbocycles. The highest BCUT2D eigenvalue weighted by molar-refractivity contribution is 5.97. The van der Waals surface area contributed by atoms with Crippen molar-refractivity contribution in [2.24, 2.45) is 17.9 Å². The molecule has 8 nitrogen and oxygen atoms in total. The molecule has 0 amide bonds. The first-order valence-electron chi connectivity index (χ1n) is 5.62. The van der Waals surface area contributed by atoms with Crippen LogP contribution in [-0.4, -0.2) is 38.3 Å². The number of nitrogens with zero attached hydrogens (tertiary/aromatic N) is 6. The molecule has 19 heavy (non-hydrogen) atoms. The van der Waals surface area contributed by atoms with E-state index in [-0.39, 0.29) is 5.84 Å². The number of aryl methyl sites for hydroxylation is 1. The summed E-state index contributed by atoms with van der Waals surface area (Å²) < 4.78 is 0. The first-order valence-corrected chi connectivity index (χ1v) is 5.62. The first-order chi connectivity index (χ1) is 9.10. The lowest BCUT2D eigenvalue weighted by Gasteiger charge is -2.17. The van der Waals surface area contributed by atoms with Crippen LogP contribution in [0.4, 0.5) is 5.69 Å². The molecule has 100 valence electrons. The molecule has 0 fully saturated rings. The largest absolute Gasteiger partial charge is 0.409 e. The summed E-state index contributed by atoms with van der Waals surface area (Å²) in [6, 6.07) is 7.35. The maximum Gasteiger partial charge on any atom is 0.193 e. The van der Waals surface area contributed by atoms with Crippen LogP contribution in [0.3, 0.4) is 0 Å². The molecule has 0 radical (unpaired) electrons. The van der Waals surface area contributed by atoms with E-state index in [9.17, 15) is 0 Å². The van der Waals surface area contributed by atoms with Gasteiger partial charge in [0.1, 0.15) is 0 Å². The molecule has 0 saturated heterocycles. The Morgan fingerprint density at radius 1 is 1.53 bits per heavy atom. The Balaban J connectivity index is 2.17. The lowest BCUT2D eigenvalue weighted by Crippen LogP contribution is -2.19. The normalized spacial score (nSPS) is 11.6. The molecule has 0 saturated carbocycles. The number of benzene rings is 1. The highest BCUT2D eigenvalue weighted by atomic mass is 16.4. The predicted octanol–water partition coefficient (Wildman–Crippen LogP) is -0.0590. The zero-order chi connectivity index (χ0) is 13.8. The van der Waals surface area contributed by atoms with E-state index < -0.39 is 0 Å². The third kappa shape index (κ3) is 2.97. The van der Waals surface area contributed by atoms with E-state index in [2.05, 4.69) is 20.6 Å². The molecule has 0 bridgehead atoms. The van der Waals surface area contributed by atoms with Crippen LogP contribution >= 0.6 is 0 Å². The number of nitrogens with two attached hydrogens (primary N) is 1. The number of oxime groups is 1. The topological polar surface area (TPSA) is 105 Å². The van der Waals surface area contributed by atoms with Crippen molar-refractivity contribution in [1.29, 1.82) is 0 Å². The van der Waals surface area contributed by atoms with Gasteiger partial charge in [-0.2, -0.15) is 4.80 Å². The number of hydrogen-bond acceptors (Lipinski definition) is 6. The number of rotatable bonds is 4. The summed E-state index contributed by atoms with van der Waals surface area (Å²) in [6.07, 6.45) is 0. The molecular formula is C11H15N7O. The SMILES string of the molecule is CN(Cc1nnn(C)n1)c1cccc(/C(N)=N/O)c1. The lowest BCUT2D eigenvalue weighted by atomic mass is 10.2. The average molecular weight is 261 g/mol. The maximum absolute atomic E-state index is 8.67. The summed E-state index contributed by atoms with van der Waals surface area (Å²) in [7, 11) is 3.62. The van der Waals surface area contributed by atoms with E-state index in [1.165, 1.54) is 4.80 Å². The zero-order valence-electron chi connectivity index (χ0n) is 10.7. The first kappa shape index (κ1) is 12.8. The quantitative estimate of drug-likeness (QED) is 0.346. The fourth-order valence-electron chi connectivity index (χ4n) is 1.65. The van der Waals surface area contributed by atoms with Crippen molar-refractivity contribution in [3.8, 4) is 0 Å². The van der Waals surface area contributed by atoms with Crippen LogP contribution < -0.4 is 10.6 Å². The number of aromatic nitrogens is 4. The number of hydrogen-bond donors (Lipinski definition) is 2. The van der Waals surface area contributed by atoms with Crippen molar-refractivity contribution < 1.29 is 5.21 Å². The van der Waals surface area contributed by atoms with Gasteiger partial charge in [-0.25, -0.2) is 0 Å². The van der Waals surface area contributed by atoms with Crippen LogP contribution in [0.25, 0.3) is 0 Å². The minimum Gasteiger partial charge on any atom is -0.409 e. The van der Waals surface area contributed by atoms with E-state index in [4.69, 9.17) is 10.9 Å². The molecule has 2 aromatic rings. The van der Waals surface area contributed by atoms with E-state index in [1.807, 2.05) is 30.1 Å². The summed E-state index contributed by atoms with van der Waals surface area (Å²) in [5, 5.41) is 23.5. The molecule has 1 heterocycles. The molecule has 0 spiro atoms. The van der Waals surface area contributed by atoms with Crippen molar-refractivity contribution in [3.05, 3.63) is 35.7 Å². The molecule has 1 aromatic heterocycles. The van der Waals surface area contributed by atoms with E-state index in [0.29, 0.717) is 17.9 Å². The number of amidine groups is 1. The Bertz CT molecular complexity index is 592. The molecule has 0 aliphatic heterocycles. The molecule has 0 atom stereocenters. The van der Waals surface area contributed by atoms with Gasteiger partial charge in [0, 0.05) is 18.3 Å². The molecule has 3 N–H and O–H groups in total. The molecular weight excluding hydrogens is 246 g/mol. The van der Waals surface area contributed by atoms with Gasteiger partial charge in [0.05, 0.1) is 13.6 Å². The van der Waals surface area contributed by atoms with Crippen molar-refractivity contribution in [2.45, 2.75) is 6.54 Å². The van der Waals surface area contributed by atoms with Gasteiger partial charge in [-0.05, 0) is 17.3 Å². The van der Waals surface area contributed by atoms with Gasteiger partial charge in [-0.15, -0.1) is 10.2 Å². The molecule has 8 heteroatoms. The Kier molecular flexibility index (Phi) is 3.60. The zero-order valence-corrected chi connectivity index (χ0v) is 10.7. The van der Waals surface area contributed by atoms with Crippen LogP contribution in [0.2, 0.25) is 0 Å². The second-order valence-electron chi connectivity index (χ2n) is 4.09. The van der Waals surface area contributed by atoms with Gasteiger partial charge in [0.25, 0.3) is 0 Å². The van der Waals surface area contributed by atoms with E-state index in [0.717, 1.165) is 5.69 Å². The Morgan fingerprint density at radius 2 is 2.32 bits per heavy atom. The standard InChI is InChI=1S/C11H15N7O/c1-17(7-10-13-16-18(2)14-10)9-5-3-4-8(6-9)11(12)15-19/h3-6,19H,7H2,1-2H3,(H2,12,15). The Hall–Kier alpha value is -2.64. The van der Waals surface area contributed by atoms with Gasteiger partial charge < -0.3 is 15.8 Å². The van der Waals surface area contributed by atoms with Crippen molar-refractivity contribution in [2.75, 3.05) is 11.9 Å². The molecule has 0 aliphatic rings. The summed E-state index contributed by atoms with van der Waals surface area (Å²) >= 11 is 0. The van der Waals surface area contributed by atoms with Gasteiger partial charge in [-0.1, -0.05) is 17.3 Å². The van der Waals surface area contributed by atoms with Crippen molar-refractivity contribution in [3.63, 3.8) is 0 Å². The van der Waals surface area contributed by atoms with Crippen LogP contribution in [-0.2, 0) is 13.6 Å². The van der Waals surface area contributed by atoms with Crippen LogP contribution in [0.1, 0.15) is 11.4 Å². The third-order valence-electron chi connectivity index (χ3n) is 2.62. The lowest BCUT2D eigenvalue weighted by molar-refractivity contribution is 0.318. The molecule has 0 unspecified atom stereocenters. The minimum atomic E-state index is 0.0767. The second-order valence-corrected chi connectivity index (χ2v) is 4.09. The van der Waals surface area contributed by atoms with Crippen LogP contribution in [0.15, 0.2) is 29.4 Å². The van der Waals surface area contributed by atoms with Crippen LogP contribution in [0, 0.1) is 0 Å². The Labute approximate surface area is 110 Å². The highest BCUT2D eigenvalue weighted by Crippen LogP contribution is 2.16. The second kappa shape index (κ2) is 5.34. The van der Waals surface area contributed by atoms with Gasteiger partial charge in [0.2, 0.25) is 0 Å². The fraction of sp³-hybridized carbons (Fsp3) is 0.273. The summed E-state index contributed by atoms with van der Waals surface area (Å²) in [5.41, 5.74) is 7.13. The summed E-state index contributed by atoms with van der Waals surface area (Å²) in [4.78, 5) is 3.36. The minimum absolute atomic E-state index is 0.0767. The fourth-order valence-corrected chi connectivity index (χ4v) is 1.65. The predicted molar refractivity (Wildman–Crippen MR) is 69.9 cm³/mol. The molecule has 1 aromatic carbocycles. The van der Waals surface area contributed by atoms with Gasteiger partial charge in [0.15, 0.2) is 11.7 Å².